The number of hydrogen-bond acceptors (Lipinski definition) is 3. The quantitative estimate of drug-likeness (QED) is 0.863. The molecule has 1 aromatic carbocycles. The summed E-state index contributed by atoms with van der Waals surface area (Å²) in [6, 6.07) is 6.28. The molecule has 0 aliphatic carbocycles. The predicted octanol–water partition coefficient (Wildman–Crippen LogP) is 2.83. The van der Waals surface area contributed by atoms with E-state index in [4.69, 9.17) is 17.0 Å². The molecule has 2 aromatic rings. The lowest BCUT2D eigenvalue weighted by Crippen LogP contribution is -2.22. The Balaban J connectivity index is 2.54. The first-order chi connectivity index (χ1) is 8.52. The van der Waals surface area contributed by atoms with Crippen molar-refractivity contribution >= 4 is 23.3 Å². The van der Waals surface area contributed by atoms with Crippen molar-refractivity contribution in [3.63, 3.8) is 0 Å². The molecular formula is C13H19N3OS. The Labute approximate surface area is 112 Å². The minimum Gasteiger partial charge on any atom is -0.497 e. The van der Waals surface area contributed by atoms with Gasteiger partial charge in [-0.15, -0.1) is 0 Å². The maximum Gasteiger partial charge on any atom is 0.178 e. The van der Waals surface area contributed by atoms with Crippen molar-refractivity contribution < 1.29 is 4.74 Å². The fourth-order valence-corrected chi connectivity index (χ4v) is 2.66. The van der Waals surface area contributed by atoms with Gasteiger partial charge in [0.15, 0.2) is 4.77 Å². The molecule has 4 nitrogen and oxygen atoms in total. The number of rotatable bonds is 4. The highest BCUT2D eigenvalue weighted by Crippen LogP contribution is 2.23. The predicted molar refractivity (Wildman–Crippen MR) is 76.9 cm³/mol. The van der Waals surface area contributed by atoms with E-state index in [0.29, 0.717) is 6.04 Å². The van der Waals surface area contributed by atoms with E-state index in [0.717, 1.165) is 28.1 Å². The lowest BCUT2D eigenvalue weighted by Gasteiger charge is -2.19. The maximum absolute atomic E-state index is 5.41. The fourth-order valence-electron chi connectivity index (χ4n) is 2.28. The molecule has 1 heterocycles. The fraction of sp³-hybridized carbons (Fsp3) is 0.462. The van der Waals surface area contributed by atoms with Crippen LogP contribution in [0.2, 0.25) is 0 Å². The van der Waals surface area contributed by atoms with Crippen molar-refractivity contribution in [2.45, 2.75) is 13.0 Å². The van der Waals surface area contributed by atoms with E-state index in [1.807, 2.05) is 18.2 Å². The number of methoxy groups -OCH3 is 1. The number of ether oxygens (including phenoxy) is 1. The van der Waals surface area contributed by atoms with Gasteiger partial charge in [-0.2, -0.15) is 0 Å². The molecule has 18 heavy (non-hydrogen) atoms. The van der Waals surface area contributed by atoms with Crippen molar-refractivity contribution in [2.24, 2.45) is 0 Å². The van der Waals surface area contributed by atoms with Crippen LogP contribution in [0.4, 0.5) is 0 Å². The first kappa shape index (κ1) is 13.1. The molecule has 0 bridgehead atoms. The number of aromatic nitrogens is 2. The van der Waals surface area contributed by atoms with Gasteiger partial charge in [0.05, 0.1) is 18.1 Å². The SMILES string of the molecule is COc1ccc2[nH]c(=S)n(C(C)CN(C)C)c2c1. The Morgan fingerprint density at radius 3 is 2.78 bits per heavy atom. The van der Waals surface area contributed by atoms with E-state index in [2.05, 4.69) is 35.5 Å². The topological polar surface area (TPSA) is 33.2 Å². The lowest BCUT2D eigenvalue weighted by atomic mass is 10.2. The molecule has 0 saturated carbocycles. The van der Waals surface area contributed by atoms with E-state index in [1.54, 1.807) is 7.11 Å². The van der Waals surface area contributed by atoms with Crippen LogP contribution in [-0.4, -0.2) is 42.2 Å². The highest BCUT2D eigenvalue weighted by atomic mass is 32.1. The average molecular weight is 265 g/mol. The van der Waals surface area contributed by atoms with E-state index >= 15 is 0 Å². The van der Waals surface area contributed by atoms with Gasteiger partial charge in [0.2, 0.25) is 0 Å². The Hall–Kier alpha value is -1.33. The van der Waals surface area contributed by atoms with E-state index in [-0.39, 0.29) is 0 Å². The highest BCUT2D eigenvalue weighted by Gasteiger charge is 2.12. The first-order valence-electron chi connectivity index (χ1n) is 5.96. The summed E-state index contributed by atoms with van der Waals surface area (Å²) in [5.41, 5.74) is 2.14. The monoisotopic (exact) mass is 265 g/mol. The molecule has 1 N–H and O–H groups in total. The second-order valence-corrected chi connectivity index (χ2v) is 5.18. The molecule has 0 fully saturated rings. The van der Waals surface area contributed by atoms with Crippen LogP contribution in [0.3, 0.4) is 0 Å². The van der Waals surface area contributed by atoms with Gasteiger partial charge in [0, 0.05) is 18.7 Å². The van der Waals surface area contributed by atoms with Crippen LogP contribution in [0.25, 0.3) is 11.0 Å². The van der Waals surface area contributed by atoms with Crippen molar-refractivity contribution in [1.82, 2.24) is 14.5 Å². The minimum atomic E-state index is 0.313. The lowest BCUT2D eigenvalue weighted by molar-refractivity contribution is 0.339. The van der Waals surface area contributed by atoms with Gasteiger partial charge in [0.25, 0.3) is 0 Å². The van der Waals surface area contributed by atoms with Crippen LogP contribution in [-0.2, 0) is 0 Å². The molecule has 1 unspecified atom stereocenters. The Bertz CT molecular complexity index is 600. The zero-order valence-corrected chi connectivity index (χ0v) is 12.0. The Morgan fingerprint density at radius 2 is 2.17 bits per heavy atom. The zero-order valence-electron chi connectivity index (χ0n) is 11.2. The van der Waals surface area contributed by atoms with E-state index < -0.39 is 0 Å². The number of hydrogen-bond donors (Lipinski definition) is 1. The Morgan fingerprint density at radius 1 is 1.44 bits per heavy atom. The summed E-state index contributed by atoms with van der Waals surface area (Å²) in [5.74, 6) is 0.849. The van der Waals surface area contributed by atoms with Gasteiger partial charge in [0.1, 0.15) is 5.75 Å². The molecule has 0 radical (unpaired) electrons. The number of imidazole rings is 1. The summed E-state index contributed by atoms with van der Waals surface area (Å²) in [5, 5.41) is 0. The van der Waals surface area contributed by atoms with E-state index in [9.17, 15) is 0 Å². The smallest absolute Gasteiger partial charge is 0.178 e. The number of benzene rings is 1. The van der Waals surface area contributed by atoms with Gasteiger partial charge < -0.3 is 19.2 Å². The summed E-state index contributed by atoms with van der Waals surface area (Å²) < 4.78 is 8.18. The molecule has 0 amide bonds. The molecule has 0 saturated heterocycles. The molecule has 0 aliphatic heterocycles. The Kier molecular flexibility index (Phi) is 3.73. The van der Waals surface area contributed by atoms with Gasteiger partial charge in [-0.25, -0.2) is 0 Å². The summed E-state index contributed by atoms with van der Waals surface area (Å²) in [6.07, 6.45) is 0. The molecule has 0 spiro atoms. The van der Waals surface area contributed by atoms with Crippen molar-refractivity contribution in [1.29, 1.82) is 0 Å². The minimum absolute atomic E-state index is 0.313. The third-order valence-electron chi connectivity index (χ3n) is 2.99. The van der Waals surface area contributed by atoms with Crippen LogP contribution in [0.15, 0.2) is 18.2 Å². The molecule has 2 rings (SSSR count). The van der Waals surface area contributed by atoms with Gasteiger partial charge in [-0.05, 0) is 45.4 Å². The number of nitrogens with zero attached hydrogens (tertiary/aromatic N) is 2. The molecule has 5 heteroatoms. The first-order valence-corrected chi connectivity index (χ1v) is 6.36. The summed E-state index contributed by atoms with van der Waals surface area (Å²) in [7, 11) is 5.81. The molecular weight excluding hydrogens is 246 g/mol. The average Bonchev–Trinajstić information content (AvgIpc) is 2.62. The van der Waals surface area contributed by atoms with Gasteiger partial charge >= 0.3 is 0 Å². The maximum atomic E-state index is 5.41. The van der Waals surface area contributed by atoms with Crippen molar-refractivity contribution in [2.75, 3.05) is 27.7 Å². The largest absolute Gasteiger partial charge is 0.497 e. The second kappa shape index (κ2) is 5.12. The van der Waals surface area contributed by atoms with Crippen LogP contribution >= 0.6 is 12.2 Å². The number of likely N-dealkylation sites (N-methyl/N-ethyl adjacent to an activating group) is 1. The number of aromatic amines is 1. The van der Waals surface area contributed by atoms with Crippen molar-refractivity contribution in [3.05, 3.63) is 23.0 Å². The van der Waals surface area contributed by atoms with Crippen LogP contribution in [0.1, 0.15) is 13.0 Å². The molecule has 1 aromatic heterocycles. The highest BCUT2D eigenvalue weighted by molar-refractivity contribution is 7.71. The number of fused-ring (bicyclic) bond motifs is 1. The number of H-pyrrole nitrogens is 1. The van der Waals surface area contributed by atoms with Crippen LogP contribution < -0.4 is 4.74 Å². The number of nitrogens with one attached hydrogen (secondary N) is 1. The van der Waals surface area contributed by atoms with Crippen molar-refractivity contribution in [3.8, 4) is 5.75 Å². The molecule has 0 aliphatic rings. The third-order valence-corrected chi connectivity index (χ3v) is 3.29. The second-order valence-electron chi connectivity index (χ2n) is 4.79. The van der Waals surface area contributed by atoms with Crippen LogP contribution in [0, 0.1) is 4.77 Å². The van der Waals surface area contributed by atoms with Gasteiger partial charge in [-0.1, -0.05) is 0 Å². The standard InChI is InChI=1S/C13H19N3OS/c1-9(8-15(2)3)16-12-7-10(17-4)5-6-11(12)14-13(16)18/h5-7,9H,8H2,1-4H3,(H,14,18). The zero-order chi connectivity index (χ0) is 13.3. The molecule has 98 valence electrons. The summed E-state index contributed by atoms with van der Waals surface area (Å²) in [4.78, 5) is 5.39. The summed E-state index contributed by atoms with van der Waals surface area (Å²) >= 11 is 5.41. The van der Waals surface area contributed by atoms with Crippen LogP contribution in [0.5, 0.6) is 5.75 Å². The third kappa shape index (κ3) is 2.42. The van der Waals surface area contributed by atoms with Gasteiger partial charge in [-0.3, -0.25) is 0 Å². The molecule has 1 atom stereocenters. The van der Waals surface area contributed by atoms with E-state index in [1.165, 1.54) is 0 Å². The normalized spacial score (nSPS) is 13.2. The summed E-state index contributed by atoms with van der Waals surface area (Å²) in [6.45, 7) is 3.11.